The lowest BCUT2D eigenvalue weighted by molar-refractivity contribution is -0.111. The van der Waals surface area contributed by atoms with Crippen LogP contribution in [0.15, 0.2) is 34.5 Å². The molecule has 4 rings (SSSR count). The first kappa shape index (κ1) is 22.2. The summed E-state index contributed by atoms with van der Waals surface area (Å²) < 4.78 is 5.38. The zero-order chi connectivity index (χ0) is 22.3. The maximum Gasteiger partial charge on any atom is 0.407 e. The lowest BCUT2D eigenvalue weighted by Gasteiger charge is -2.21. The number of carbonyl (C=O) groups is 2. The Morgan fingerprint density at radius 1 is 1.38 bits per heavy atom. The van der Waals surface area contributed by atoms with Crippen molar-refractivity contribution in [1.29, 1.82) is 5.26 Å². The van der Waals surface area contributed by atoms with Crippen LogP contribution in [0.2, 0.25) is 0 Å². The van der Waals surface area contributed by atoms with E-state index >= 15 is 0 Å². The number of anilines is 1. The first-order valence-electron chi connectivity index (χ1n) is 9.97. The van der Waals surface area contributed by atoms with E-state index in [1.54, 1.807) is 23.6 Å². The van der Waals surface area contributed by atoms with Crippen molar-refractivity contribution < 1.29 is 14.3 Å². The first-order valence-corrected chi connectivity index (χ1v) is 12.6. The van der Waals surface area contributed by atoms with Crippen LogP contribution in [0.4, 0.5) is 9.80 Å². The van der Waals surface area contributed by atoms with Crippen molar-refractivity contribution in [3.63, 3.8) is 0 Å². The Bertz CT molecular complexity index is 1140. The predicted molar refractivity (Wildman–Crippen MR) is 127 cm³/mol. The summed E-state index contributed by atoms with van der Waals surface area (Å²) >= 11 is 4.48. The van der Waals surface area contributed by atoms with Crippen molar-refractivity contribution in [2.45, 2.75) is 25.8 Å². The Kier molecular flexibility index (Phi) is 7.32. The normalized spacial score (nSPS) is 15.2. The molecule has 1 unspecified atom stereocenters. The molecule has 1 aliphatic carbocycles. The van der Waals surface area contributed by atoms with Gasteiger partial charge < -0.3 is 15.4 Å². The molecule has 0 bridgehead atoms. The molecule has 0 saturated carbocycles. The third kappa shape index (κ3) is 5.62. The van der Waals surface area contributed by atoms with Crippen molar-refractivity contribution in [3.8, 4) is 6.07 Å². The van der Waals surface area contributed by atoms with Crippen LogP contribution < -0.4 is 10.6 Å². The number of amides is 2. The highest BCUT2D eigenvalue weighted by Gasteiger charge is 2.27. The summed E-state index contributed by atoms with van der Waals surface area (Å²) in [7, 11) is 0. The van der Waals surface area contributed by atoms with Crippen LogP contribution >= 0.6 is 34.0 Å². The standard InChI is InChI=1S/C22H20N4O3S3/c23-10-17-16-3-1-15(12-29-22(28)25-11-20-24-6-8-31-20)9-18(16)32-21(17)26-19(27)4-2-14-5-7-30-13-14/h2,4-8,13,15H,1,3,9,11-12H2,(H,25,28)(H,26,27)/b4-2+. The van der Waals surface area contributed by atoms with Crippen molar-refractivity contribution in [2.75, 3.05) is 11.9 Å². The number of nitriles is 1. The molecule has 3 aromatic heterocycles. The van der Waals surface area contributed by atoms with Crippen LogP contribution in [-0.4, -0.2) is 23.6 Å². The van der Waals surface area contributed by atoms with Crippen LogP contribution in [0.3, 0.4) is 0 Å². The van der Waals surface area contributed by atoms with Gasteiger partial charge in [-0.25, -0.2) is 9.78 Å². The molecule has 164 valence electrons. The van der Waals surface area contributed by atoms with Gasteiger partial charge in [-0.2, -0.15) is 16.6 Å². The van der Waals surface area contributed by atoms with E-state index in [0.717, 1.165) is 40.3 Å². The number of ether oxygens (including phenoxy) is 1. The fourth-order valence-corrected chi connectivity index (χ4v) is 5.93. The Hall–Kier alpha value is -3.00. The summed E-state index contributed by atoms with van der Waals surface area (Å²) in [5, 5.41) is 22.4. The van der Waals surface area contributed by atoms with Crippen LogP contribution in [-0.2, 0) is 28.9 Å². The maximum absolute atomic E-state index is 12.3. The highest BCUT2D eigenvalue weighted by molar-refractivity contribution is 7.16. The molecule has 2 amide bonds. The molecule has 0 aliphatic heterocycles. The highest BCUT2D eigenvalue weighted by Crippen LogP contribution is 2.39. The summed E-state index contributed by atoms with van der Waals surface area (Å²) in [5.74, 6) is -0.0802. The van der Waals surface area contributed by atoms with Gasteiger partial charge in [-0.05, 0) is 59.2 Å². The van der Waals surface area contributed by atoms with E-state index in [1.807, 2.05) is 22.2 Å². The minimum Gasteiger partial charge on any atom is -0.449 e. The minimum absolute atomic E-state index is 0.181. The van der Waals surface area contributed by atoms with Gasteiger partial charge in [0.05, 0.1) is 18.7 Å². The monoisotopic (exact) mass is 484 g/mol. The van der Waals surface area contributed by atoms with Crippen molar-refractivity contribution in [3.05, 3.63) is 61.1 Å². The summed E-state index contributed by atoms with van der Waals surface area (Å²) in [6.07, 6.45) is 6.73. The Balaban J connectivity index is 1.32. The van der Waals surface area contributed by atoms with Gasteiger partial charge in [0.2, 0.25) is 5.91 Å². The van der Waals surface area contributed by atoms with Gasteiger partial charge in [-0.15, -0.1) is 22.7 Å². The van der Waals surface area contributed by atoms with Gasteiger partial charge >= 0.3 is 6.09 Å². The molecule has 0 saturated heterocycles. The zero-order valence-corrected chi connectivity index (χ0v) is 19.4. The summed E-state index contributed by atoms with van der Waals surface area (Å²) in [4.78, 5) is 29.4. The predicted octanol–water partition coefficient (Wildman–Crippen LogP) is 4.82. The molecule has 1 atom stereocenters. The van der Waals surface area contributed by atoms with E-state index in [4.69, 9.17) is 4.74 Å². The molecule has 3 aromatic rings. The van der Waals surface area contributed by atoms with Crippen molar-refractivity contribution in [1.82, 2.24) is 10.3 Å². The topological polar surface area (TPSA) is 104 Å². The van der Waals surface area contributed by atoms with Crippen molar-refractivity contribution in [2.24, 2.45) is 5.92 Å². The molecule has 3 heterocycles. The van der Waals surface area contributed by atoms with Crippen LogP contribution in [0.25, 0.3) is 6.08 Å². The van der Waals surface area contributed by atoms with Gasteiger partial charge in [0.15, 0.2) is 0 Å². The summed E-state index contributed by atoms with van der Waals surface area (Å²) in [6, 6.07) is 4.18. The SMILES string of the molecule is N#Cc1c(NC(=O)/C=C/c2ccsc2)sc2c1CCC(COC(=O)NCc1nccs1)C2. The second-order valence-corrected chi connectivity index (χ2v) is 10.0. The fraction of sp³-hybridized carbons (Fsp3) is 0.273. The molecule has 2 N–H and O–H groups in total. The number of thiophene rings is 2. The Morgan fingerprint density at radius 2 is 2.28 bits per heavy atom. The maximum atomic E-state index is 12.3. The number of nitrogens with zero attached hydrogens (tertiary/aromatic N) is 2. The number of aromatic nitrogens is 1. The molecule has 7 nitrogen and oxygen atoms in total. The van der Waals surface area contributed by atoms with Crippen molar-refractivity contribution >= 4 is 57.1 Å². The molecule has 1 aliphatic rings. The lowest BCUT2D eigenvalue weighted by Crippen LogP contribution is -2.27. The number of thiazole rings is 1. The van der Waals surface area contributed by atoms with E-state index in [1.165, 1.54) is 28.7 Å². The second kappa shape index (κ2) is 10.5. The van der Waals surface area contributed by atoms with Crippen LogP contribution in [0.5, 0.6) is 0 Å². The van der Waals surface area contributed by atoms with Gasteiger partial charge in [-0.3, -0.25) is 4.79 Å². The Labute approximate surface area is 197 Å². The number of carbonyl (C=O) groups excluding carboxylic acids is 2. The quantitative estimate of drug-likeness (QED) is 0.468. The smallest absolute Gasteiger partial charge is 0.407 e. The van der Waals surface area contributed by atoms with Gasteiger partial charge in [-0.1, -0.05) is 0 Å². The average molecular weight is 485 g/mol. The summed E-state index contributed by atoms with van der Waals surface area (Å²) in [6.45, 7) is 0.666. The molecule has 0 radical (unpaired) electrons. The number of rotatable bonds is 7. The molecule has 32 heavy (non-hydrogen) atoms. The number of alkyl carbamates (subject to hydrolysis) is 1. The second-order valence-electron chi connectivity index (χ2n) is 7.19. The fourth-order valence-electron chi connectivity index (χ4n) is 3.43. The first-order chi connectivity index (χ1) is 15.6. The molecule has 0 aromatic carbocycles. The highest BCUT2D eigenvalue weighted by atomic mass is 32.1. The zero-order valence-electron chi connectivity index (χ0n) is 17.0. The van der Waals surface area contributed by atoms with E-state index in [-0.39, 0.29) is 11.8 Å². The van der Waals surface area contributed by atoms with Gasteiger partial charge in [0.25, 0.3) is 0 Å². The molecular formula is C22H20N4O3S3. The molecule has 10 heteroatoms. The number of hydrogen-bond donors (Lipinski definition) is 2. The van der Waals surface area contributed by atoms with E-state index in [2.05, 4.69) is 21.7 Å². The summed E-state index contributed by atoms with van der Waals surface area (Å²) in [5.41, 5.74) is 2.51. The minimum atomic E-state index is -0.458. The van der Waals surface area contributed by atoms with Gasteiger partial charge in [0.1, 0.15) is 16.1 Å². The van der Waals surface area contributed by atoms with Crippen LogP contribution in [0.1, 0.15) is 33.0 Å². The third-order valence-electron chi connectivity index (χ3n) is 5.00. The molecule has 0 spiro atoms. The Morgan fingerprint density at radius 3 is 3.03 bits per heavy atom. The molecular weight excluding hydrogens is 464 g/mol. The van der Waals surface area contributed by atoms with E-state index < -0.39 is 6.09 Å². The number of fused-ring (bicyclic) bond motifs is 1. The third-order valence-corrected chi connectivity index (χ3v) is 7.65. The largest absolute Gasteiger partial charge is 0.449 e. The number of hydrogen-bond acceptors (Lipinski definition) is 8. The number of nitrogens with one attached hydrogen (secondary N) is 2. The molecule has 0 fully saturated rings. The average Bonchev–Trinajstić information content (AvgIpc) is 3.55. The van der Waals surface area contributed by atoms with E-state index in [0.29, 0.717) is 23.7 Å². The van der Waals surface area contributed by atoms with Gasteiger partial charge in [0, 0.05) is 22.5 Å². The van der Waals surface area contributed by atoms with Crippen LogP contribution in [0, 0.1) is 17.2 Å². The van der Waals surface area contributed by atoms with E-state index in [9.17, 15) is 14.9 Å². The lowest BCUT2D eigenvalue weighted by atomic mass is 9.88.